The van der Waals surface area contributed by atoms with E-state index in [0.717, 1.165) is 16.7 Å². The Morgan fingerprint density at radius 1 is 1.22 bits per heavy atom. The zero-order chi connectivity index (χ0) is 13.8. The van der Waals surface area contributed by atoms with E-state index < -0.39 is 12.7 Å². The number of halogens is 4. The molecule has 0 atom stereocenters. The van der Waals surface area contributed by atoms with Gasteiger partial charge in [0.25, 0.3) is 0 Å². The molecule has 0 saturated heterocycles. The van der Waals surface area contributed by atoms with Gasteiger partial charge in [-0.15, -0.1) is 0 Å². The van der Waals surface area contributed by atoms with E-state index in [4.69, 9.17) is 0 Å². The second-order valence-electron chi connectivity index (χ2n) is 4.44. The van der Waals surface area contributed by atoms with Gasteiger partial charge in [-0.25, -0.2) is 0 Å². The van der Waals surface area contributed by atoms with Crippen molar-refractivity contribution >= 4 is 15.9 Å². The molecular weight excluding hydrogens is 307 g/mol. The Balaban J connectivity index is 2.79. The SMILES string of the molecule is Cc1ccc(C)c(CN(CCBr)CC(F)(F)F)c1. The van der Waals surface area contributed by atoms with Gasteiger partial charge in [-0.05, 0) is 25.0 Å². The lowest BCUT2D eigenvalue weighted by atomic mass is 10.1. The number of hydrogen-bond acceptors (Lipinski definition) is 1. The van der Waals surface area contributed by atoms with E-state index in [2.05, 4.69) is 15.9 Å². The van der Waals surface area contributed by atoms with E-state index in [1.807, 2.05) is 32.0 Å². The van der Waals surface area contributed by atoms with E-state index in [-0.39, 0.29) is 0 Å². The van der Waals surface area contributed by atoms with Crippen LogP contribution in [0.15, 0.2) is 18.2 Å². The molecule has 0 aliphatic rings. The average Bonchev–Trinajstić information content (AvgIpc) is 2.21. The number of benzene rings is 1. The quantitative estimate of drug-likeness (QED) is 0.738. The Hall–Kier alpha value is -0.550. The van der Waals surface area contributed by atoms with Gasteiger partial charge in [-0.1, -0.05) is 39.7 Å². The van der Waals surface area contributed by atoms with Gasteiger partial charge in [0.15, 0.2) is 0 Å². The Morgan fingerprint density at radius 2 is 1.89 bits per heavy atom. The highest BCUT2D eigenvalue weighted by Gasteiger charge is 2.30. The topological polar surface area (TPSA) is 3.24 Å². The fourth-order valence-electron chi connectivity index (χ4n) is 1.80. The molecule has 0 spiro atoms. The van der Waals surface area contributed by atoms with Crippen molar-refractivity contribution in [3.63, 3.8) is 0 Å². The van der Waals surface area contributed by atoms with Gasteiger partial charge in [-0.3, -0.25) is 4.90 Å². The van der Waals surface area contributed by atoms with Crippen LogP contribution in [0.4, 0.5) is 13.2 Å². The first kappa shape index (κ1) is 15.5. The van der Waals surface area contributed by atoms with Crippen LogP contribution in [0.3, 0.4) is 0 Å². The molecule has 0 radical (unpaired) electrons. The summed E-state index contributed by atoms with van der Waals surface area (Å²) in [5, 5.41) is 0.536. The first-order valence-corrected chi connectivity index (χ1v) is 6.85. The minimum absolute atomic E-state index is 0.332. The summed E-state index contributed by atoms with van der Waals surface area (Å²) in [5.74, 6) is 0. The van der Waals surface area contributed by atoms with Crippen LogP contribution in [0.25, 0.3) is 0 Å². The zero-order valence-electron chi connectivity index (χ0n) is 10.5. The van der Waals surface area contributed by atoms with Crippen LogP contribution in [-0.4, -0.2) is 29.5 Å². The molecule has 0 unspecified atom stereocenters. The van der Waals surface area contributed by atoms with Crippen molar-refractivity contribution < 1.29 is 13.2 Å². The molecule has 0 heterocycles. The van der Waals surface area contributed by atoms with Crippen molar-refractivity contribution in [2.75, 3.05) is 18.4 Å². The zero-order valence-corrected chi connectivity index (χ0v) is 12.1. The molecule has 0 N–H and O–H groups in total. The lowest BCUT2D eigenvalue weighted by Crippen LogP contribution is -2.35. The molecule has 0 bridgehead atoms. The summed E-state index contributed by atoms with van der Waals surface area (Å²) in [5.41, 5.74) is 3.06. The second kappa shape index (κ2) is 6.57. The van der Waals surface area contributed by atoms with E-state index in [0.29, 0.717) is 18.4 Å². The number of hydrogen-bond donors (Lipinski definition) is 0. The van der Waals surface area contributed by atoms with Crippen LogP contribution in [0.5, 0.6) is 0 Å². The molecule has 0 aromatic heterocycles. The van der Waals surface area contributed by atoms with Crippen LogP contribution in [0, 0.1) is 13.8 Å². The Bertz CT molecular complexity index is 390. The maximum atomic E-state index is 12.5. The first-order chi connectivity index (χ1) is 8.31. The summed E-state index contributed by atoms with van der Waals surface area (Å²) in [6.45, 7) is 3.72. The first-order valence-electron chi connectivity index (χ1n) is 5.73. The van der Waals surface area contributed by atoms with Crippen LogP contribution in [0.1, 0.15) is 16.7 Å². The fraction of sp³-hybridized carbons (Fsp3) is 0.538. The minimum Gasteiger partial charge on any atom is -0.290 e. The van der Waals surface area contributed by atoms with Gasteiger partial charge < -0.3 is 0 Å². The fourth-order valence-corrected chi connectivity index (χ4v) is 2.30. The van der Waals surface area contributed by atoms with Crippen molar-refractivity contribution in [3.8, 4) is 0 Å². The van der Waals surface area contributed by atoms with Gasteiger partial charge in [0, 0.05) is 18.4 Å². The Morgan fingerprint density at radius 3 is 2.44 bits per heavy atom. The Kier molecular flexibility index (Phi) is 5.66. The molecule has 0 aliphatic heterocycles. The largest absolute Gasteiger partial charge is 0.401 e. The molecule has 0 fully saturated rings. The molecule has 1 rings (SSSR count). The van der Waals surface area contributed by atoms with Gasteiger partial charge in [0.05, 0.1) is 6.54 Å². The predicted molar refractivity (Wildman–Crippen MR) is 71.0 cm³/mol. The molecule has 1 aromatic rings. The normalized spacial score (nSPS) is 12.2. The summed E-state index contributed by atoms with van der Waals surface area (Å²) in [4.78, 5) is 1.41. The summed E-state index contributed by atoms with van der Waals surface area (Å²) in [7, 11) is 0. The van der Waals surface area contributed by atoms with Gasteiger partial charge in [-0.2, -0.15) is 13.2 Å². The third-order valence-corrected chi connectivity index (χ3v) is 3.06. The third kappa shape index (κ3) is 5.40. The standard InChI is InChI=1S/C13H17BrF3N/c1-10-3-4-11(2)12(7-10)8-18(6-5-14)9-13(15,16)17/h3-4,7H,5-6,8-9H2,1-2H3. The van der Waals surface area contributed by atoms with E-state index in [1.54, 1.807) is 0 Å². The molecule has 0 saturated carbocycles. The highest BCUT2D eigenvalue weighted by molar-refractivity contribution is 9.09. The van der Waals surface area contributed by atoms with Crippen LogP contribution < -0.4 is 0 Å². The second-order valence-corrected chi connectivity index (χ2v) is 5.24. The van der Waals surface area contributed by atoms with E-state index >= 15 is 0 Å². The molecule has 5 heteroatoms. The van der Waals surface area contributed by atoms with Crippen molar-refractivity contribution in [1.82, 2.24) is 4.90 Å². The van der Waals surface area contributed by atoms with Crippen molar-refractivity contribution in [1.29, 1.82) is 0 Å². The minimum atomic E-state index is -4.15. The van der Waals surface area contributed by atoms with Crippen molar-refractivity contribution in [3.05, 3.63) is 34.9 Å². The number of aryl methyl sites for hydroxylation is 2. The summed E-state index contributed by atoms with van der Waals surface area (Å²) in [6, 6.07) is 5.87. The number of rotatable bonds is 5. The molecule has 1 nitrogen and oxygen atoms in total. The highest BCUT2D eigenvalue weighted by atomic mass is 79.9. The maximum absolute atomic E-state index is 12.5. The Labute approximate surface area is 114 Å². The molecular formula is C13H17BrF3N. The molecule has 0 amide bonds. The van der Waals surface area contributed by atoms with E-state index in [1.165, 1.54) is 4.90 Å². The van der Waals surface area contributed by atoms with Crippen molar-refractivity contribution in [2.45, 2.75) is 26.6 Å². The summed E-state index contributed by atoms with van der Waals surface area (Å²) < 4.78 is 37.4. The average molecular weight is 324 g/mol. The van der Waals surface area contributed by atoms with Crippen LogP contribution >= 0.6 is 15.9 Å². The summed E-state index contributed by atoms with van der Waals surface area (Å²) >= 11 is 3.19. The highest BCUT2D eigenvalue weighted by Crippen LogP contribution is 2.20. The lowest BCUT2D eigenvalue weighted by Gasteiger charge is -2.23. The molecule has 102 valence electrons. The lowest BCUT2D eigenvalue weighted by molar-refractivity contribution is -0.146. The molecule has 0 aliphatic carbocycles. The monoisotopic (exact) mass is 323 g/mol. The van der Waals surface area contributed by atoms with Gasteiger partial charge in [0.2, 0.25) is 0 Å². The number of alkyl halides is 4. The smallest absolute Gasteiger partial charge is 0.290 e. The van der Waals surface area contributed by atoms with E-state index in [9.17, 15) is 13.2 Å². The predicted octanol–water partition coefficient (Wildman–Crippen LogP) is 4.06. The van der Waals surface area contributed by atoms with Gasteiger partial charge >= 0.3 is 6.18 Å². The molecule has 1 aromatic carbocycles. The number of nitrogens with zero attached hydrogens (tertiary/aromatic N) is 1. The third-order valence-electron chi connectivity index (χ3n) is 2.70. The van der Waals surface area contributed by atoms with Gasteiger partial charge in [0.1, 0.15) is 0 Å². The maximum Gasteiger partial charge on any atom is 0.401 e. The molecule has 18 heavy (non-hydrogen) atoms. The van der Waals surface area contributed by atoms with Crippen LogP contribution in [0.2, 0.25) is 0 Å². The van der Waals surface area contributed by atoms with Crippen LogP contribution in [-0.2, 0) is 6.54 Å². The summed E-state index contributed by atoms with van der Waals surface area (Å²) in [6.07, 6.45) is -4.15. The van der Waals surface area contributed by atoms with Crippen molar-refractivity contribution in [2.24, 2.45) is 0 Å².